The Balaban J connectivity index is 1.39. The molecule has 1 amide bonds. The molecule has 0 bridgehead atoms. The molecule has 0 spiro atoms. The quantitative estimate of drug-likeness (QED) is 0.304. The van der Waals surface area contributed by atoms with Crippen molar-refractivity contribution in [2.75, 3.05) is 12.4 Å². The summed E-state index contributed by atoms with van der Waals surface area (Å²) in [7, 11) is 1.47. The van der Waals surface area contributed by atoms with Gasteiger partial charge in [-0.05, 0) is 71.8 Å². The number of hydrogen-bond acceptors (Lipinski definition) is 5. The minimum atomic E-state index is -0.180. The Labute approximate surface area is 205 Å². The van der Waals surface area contributed by atoms with E-state index < -0.39 is 0 Å². The lowest BCUT2D eigenvalue weighted by molar-refractivity contribution is -0.135. The van der Waals surface area contributed by atoms with Crippen molar-refractivity contribution >= 4 is 17.6 Å². The minimum Gasteiger partial charge on any atom is -0.504 e. The van der Waals surface area contributed by atoms with Gasteiger partial charge in [-0.15, -0.1) is 0 Å². The Morgan fingerprint density at radius 1 is 0.943 bits per heavy atom. The predicted octanol–water partition coefficient (Wildman–Crippen LogP) is 6.12. The van der Waals surface area contributed by atoms with Gasteiger partial charge in [0.25, 0.3) is 0 Å². The van der Waals surface area contributed by atoms with E-state index >= 15 is 0 Å². The summed E-state index contributed by atoms with van der Waals surface area (Å²) in [6.45, 7) is 0. The number of ether oxygens (including phenoxy) is 2. The lowest BCUT2D eigenvalue weighted by Crippen LogP contribution is -2.16. The number of hydrogen-bond donors (Lipinski definition) is 2. The minimum absolute atomic E-state index is 0.0336. The van der Waals surface area contributed by atoms with Gasteiger partial charge in [-0.25, -0.2) is 0 Å². The van der Waals surface area contributed by atoms with E-state index in [1.165, 1.54) is 32.4 Å². The SMILES string of the molecule is COc1cc(CC(=O)Nc2cccc(-c3cccc(OC(=O)CC4CCCCC4)c3)c2)ccc1O. The van der Waals surface area contributed by atoms with Crippen LogP contribution in [0.3, 0.4) is 0 Å². The molecule has 0 heterocycles. The van der Waals surface area contributed by atoms with Crippen LogP contribution < -0.4 is 14.8 Å². The molecule has 1 aliphatic rings. The van der Waals surface area contributed by atoms with Crippen LogP contribution in [0.2, 0.25) is 0 Å². The highest BCUT2D eigenvalue weighted by Crippen LogP contribution is 2.29. The Kier molecular flexibility index (Phi) is 8.03. The Hall–Kier alpha value is -3.80. The highest BCUT2D eigenvalue weighted by atomic mass is 16.5. The second-order valence-corrected chi connectivity index (χ2v) is 9.02. The molecule has 0 aromatic heterocycles. The molecule has 2 N–H and O–H groups in total. The highest BCUT2D eigenvalue weighted by Gasteiger charge is 2.18. The van der Waals surface area contributed by atoms with E-state index in [1.54, 1.807) is 18.2 Å². The monoisotopic (exact) mass is 473 g/mol. The van der Waals surface area contributed by atoms with Crippen LogP contribution in [-0.4, -0.2) is 24.1 Å². The summed E-state index contributed by atoms with van der Waals surface area (Å²) < 4.78 is 10.7. The summed E-state index contributed by atoms with van der Waals surface area (Å²) in [6, 6.07) is 19.8. The van der Waals surface area contributed by atoms with E-state index in [0.29, 0.717) is 29.5 Å². The molecule has 0 saturated heterocycles. The van der Waals surface area contributed by atoms with E-state index in [0.717, 1.165) is 29.5 Å². The molecule has 1 saturated carbocycles. The van der Waals surface area contributed by atoms with Crippen LogP contribution >= 0.6 is 0 Å². The third-order valence-electron chi connectivity index (χ3n) is 6.33. The van der Waals surface area contributed by atoms with Crippen molar-refractivity contribution < 1.29 is 24.2 Å². The molecule has 1 aliphatic carbocycles. The fourth-order valence-corrected chi connectivity index (χ4v) is 4.54. The van der Waals surface area contributed by atoms with Crippen molar-refractivity contribution in [2.24, 2.45) is 5.92 Å². The van der Waals surface area contributed by atoms with E-state index in [4.69, 9.17) is 9.47 Å². The molecular weight excluding hydrogens is 442 g/mol. The van der Waals surface area contributed by atoms with Gasteiger partial charge in [0.15, 0.2) is 11.5 Å². The van der Waals surface area contributed by atoms with Gasteiger partial charge in [0.05, 0.1) is 13.5 Å². The maximum absolute atomic E-state index is 12.6. The fraction of sp³-hybridized carbons (Fsp3) is 0.310. The van der Waals surface area contributed by atoms with Crippen LogP contribution in [0.15, 0.2) is 66.7 Å². The number of carbonyl (C=O) groups excluding carboxylic acids is 2. The van der Waals surface area contributed by atoms with Crippen molar-refractivity contribution in [1.29, 1.82) is 0 Å². The first-order chi connectivity index (χ1) is 17.0. The van der Waals surface area contributed by atoms with Crippen LogP contribution in [-0.2, 0) is 16.0 Å². The molecule has 0 atom stereocenters. The average molecular weight is 474 g/mol. The summed E-state index contributed by atoms with van der Waals surface area (Å²) in [4.78, 5) is 25.0. The molecule has 182 valence electrons. The standard InChI is InChI=1S/C29H31NO5/c1-34-27-15-21(13-14-26(27)31)16-28(32)30-24-11-5-9-22(18-24)23-10-6-12-25(19-23)35-29(33)17-20-7-3-2-4-8-20/h5-6,9-15,18-20,31H,2-4,7-8,16-17H2,1H3,(H,30,32). The molecule has 4 rings (SSSR count). The lowest BCUT2D eigenvalue weighted by Gasteiger charge is -2.20. The third kappa shape index (κ3) is 6.85. The van der Waals surface area contributed by atoms with E-state index in [-0.39, 0.29) is 24.0 Å². The number of rotatable bonds is 8. The number of phenols is 1. The van der Waals surface area contributed by atoms with Crippen molar-refractivity contribution in [2.45, 2.75) is 44.9 Å². The Morgan fingerprint density at radius 2 is 1.69 bits per heavy atom. The highest BCUT2D eigenvalue weighted by molar-refractivity contribution is 5.93. The van der Waals surface area contributed by atoms with Crippen LogP contribution in [0, 0.1) is 5.92 Å². The van der Waals surface area contributed by atoms with Crippen molar-refractivity contribution in [3.05, 3.63) is 72.3 Å². The van der Waals surface area contributed by atoms with Crippen molar-refractivity contribution in [3.8, 4) is 28.4 Å². The molecule has 6 nitrogen and oxygen atoms in total. The van der Waals surface area contributed by atoms with Gasteiger partial charge in [-0.1, -0.05) is 49.6 Å². The molecule has 3 aromatic carbocycles. The van der Waals surface area contributed by atoms with Gasteiger partial charge >= 0.3 is 5.97 Å². The smallest absolute Gasteiger partial charge is 0.311 e. The van der Waals surface area contributed by atoms with E-state index in [1.807, 2.05) is 42.5 Å². The number of esters is 1. The van der Waals surface area contributed by atoms with E-state index in [9.17, 15) is 14.7 Å². The molecule has 0 radical (unpaired) electrons. The summed E-state index contributed by atoms with van der Waals surface area (Å²) in [5.41, 5.74) is 3.20. The van der Waals surface area contributed by atoms with Crippen molar-refractivity contribution in [1.82, 2.24) is 0 Å². The summed E-state index contributed by atoms with van der Waals surface area (Å²) in [5.74, 6) is 0.963. The maximum atomic E-state index is 12.6. The third-order valence-corrected chi connectivity index (χ3v) is 6.33. The summed E-state index contributed by atoms with van der Waals surface area (Å²) >= 11 is 0. The van der Waals surface area contributed by atoms with Gasteiger partial charge in [0.2, 0.25) is 5.91 Å². The number of aromatic hydroxyl groups is 1. The molecular formula is C29H31NO5. The molecule has 1 fully saturated rings. The Bertz CT molecular complexity index is 1180. The topological polar surface area (TPSA) is 84.9 Å². The number of phenolic OH excluding ortho intramolecular Hbond substituents is 1. The van der Waals surface area contributed by atoms with Crippen molar-refractivity contribution in [3.63, 3.8) is 0 Å². The van der Waals surface area contributed by atoms with Crippen LogP contribution in [0.4, 0.5) is 5.69 Å². The number of anilines is 1. The normalized spacial score (nSPS) is 13.7. The first-order valence-corrected chi connectivity index (χ1v) is 12.1. The fourth-order valence-electron chi connectivity index (χ4n) is 4.54. The summed E-state index contributed by atoms with van der Waals surface area (Å²) in [6.07, 6.45) is 6.49. The molecule has 0 unspecified atom stereocenters. The van der Waals surface area contributed by atoms with Gasteiger partial charge in [0, 0.05) is 12.1 Å². The predicted molar refractivity (Wildman–Crippen MR) is 136 cm³/mol. The first kappa shape index (κ1) is 24.3. The lowest BCUT2D eigenvalue weighted by atomic mass is 9.87. The summed E-state index contributed by atoms with van der Waals surface area (Å²) in [5, 5.41) is 12.6. The number of amides is 1. The molecule has 6 heteroatoms. The van der Waals surface area contributed by atoms with Crippen LogP contribution in [0.1, 0.15) is 44.1 Å². The zero-order chi connectivity index (χ0) is 24.6. The number of carbonyl (C=O) groups is 2. The molecule has 0 aliphatic heterocycles. The molecule has 3 aromatic rings. The van der Waals surface area contributed by atoms with Crippen LogP contribution in [0.5, 0.6) is 17.2 Å². The number of benzene rings is 3. The zero-order valence-electron chi connectivity index (χ0n) is 20.0. The number of nitrogens with one attached hydrogen (secondary N) is 1. The second kappa shape index (κ2) is 11.6. The second-order valence-electron chi connectivity index (χ2n) is 9.02. The van der Waals surface area contributed by atoms with Gasteiger partial charge in [0.1, 0.15) is 5.75 Å². The average Bonchev–Trinajstić information content (AvgIpc) is 2.86. The van der Waals surface area contributed by atoms with E-state index in [2.05, 4.69) is 5.32 Å². The maximum Gasteiger partial charge on any atom is 0.311 e. The zero-order valence-corrected chi connectivity index (χ0v) is 20.0. The van der Waals surface area contributed by atoms with Gasteiger partial charge in [-0.2, -0.15) is 0 Å². The largest absolute Gasteiger partial charge is 0.504 e. The molecule has 35 heavy (non-hydrogen) atoms. The van der Waals surface area contributed by atoms with Gasteiger partial charge in [-0.3, -0.25) is 9.59 Å². The first-order valence-electron chi connectivity index (χ1n) is 12.1. The van der Waals surface area contributed by atoms with Crippen LogP contribution in [0.25, 0.3) is 11.1 Å². The van der Waals surface area contributed by atoms with Gasteiger partial charge < -0.3 is 19.9 Å². The Morgan fingerprint density at radius 3 is 2.46 bits per heavy atom. The number of methoxy groups -OCH3 is 1.